The van der Waals surface area contributed by atoms with Gasteiger partial charge in [-0.3, -0.25) is 14.4 Å². The summed E-state index contributed by atoms with van der Waals surface area (Å²) in [4.78, 5) is 16.9. The van der Waals surface area contributed by atoms with E-state index in [1.54, 1.807) is 4.68 Å². The summed E-state index contributed by atoms with van der Waals surface area (Å²) in [7, 11) is 0. The Bertz CT molecular complexity index is 808. The smallest absolute Gasteiger partial charge is 0.244 e. The molecule has 2 heterocycles. The van der Waals surface area contributed by atoms with Crippen LogP contribution >= 0.6 is 0 Å². The summed E-state index contributed by atoms with van der Waals surface area (Å²) in [6.07, 6.45) is 1.21. The molecule has 3 rings (SSSR count). The zero-order chi connectivity index (χ0) is 21.0. The number of piperidine rings is 1. The van der Waals surface area contributed by atoms with Gasteiger partial charge in [-0.2, -0.15) is 5.10 Å². The summed E-state index contributed by atoms with van der Waals surface area (Å²) >= 11 is 0. The molecule has 0 spiro atoms. The molecule has 1 aromatic carbocycles. The summed E-state index contributed by atoms with van der Waals surface area (Å²) in [5.74, 6) is 0.0725. The Balaban J connectivity index is 1.56. The van der Waals surface area contributed by atoms with Crippen LogP contribution in [0, 0.1) is 13.8 Å². The Morgan fingerprint density at radius 3 is 2.41 bits per heavy atom. The molecule has 1 saturated heterocycles. The van der Waals surface area contributed by atoms with E-state index < -0.39 is 5.60 Å². The van der Waals surface area contributed by atoms with Gasteiger partial charge in [0.1, 0.15) is 6.54 Å². The first-order valence-corrected chi connectivity index (χ1v) is 10.5. The lowest BCUT2D eigenvalue weighted by atomic mass is 9.90. The molecule has 0 bridgehead atoms. The van der Waals surface area contributed by atoms with Gasteiger partial charge in [0.05, 0.1) is 11.3 Å². The van der Waals surface area contributed by atoms with E-state index in [1.165, 1.54) is 5.56 Å². The number of likely N-dealkylation sites (tertiary alicyclic amines) is 1. The lowest BCUT2D eigenvalue weighted by Crippen LogP contribution is -2.53. The zero-order valence-corrected chi connectivity index (χ0v) is 18.1. The van der Waals surface area contributed by atoms with Crippen LogP contribution in [0.1, 0.15) is 43.6 Å². The van der Waals surface area contributed by atoms with E-state index in [4.69, 9.17) is 0 Å². The van der Waals surface area contributed by atoms with Gasteiger partial charge >= 0.3 is 0 Å². The maximum absolute atomic E-state index is 12.7. The highest BCUT2D eigenvalue weighted by Crippen LogP contribution is 2.25. The van der Waals surface area contributed by atoms with E-state index in [2.05, 4.69) is 48.1 Å². The highest BCUT2D eigenvalue weighted by atomic mass is 16.3. The van der Waals surface area contributed by atoms with Gasteiger partial charge in [-0.25, -0.2) is 0 Å². The first kappa shape index (κ1) is 21.5. The van der Waals surface area contributed by atoms with Crippen molar-refractivity contribution < 1.29 is 9.90 Å². The molecule has 1 aliphatic rings. The fourth-order valence-electron chi connectivity index (χ4n) is 4.01. The summed E-state index contributed by atoms with van der Waals surface area (Å²) in [6.45, 7) is 11.1. The number of amides is 1. The zero-order valence-electron chi connectivity index (χ0n) is 18.1. The number of carbonyl (C=O) groups excluding carboxylic acids is 1. The van der Waals surface area contributed by atoms with Crippen LogP contribution < -0.4 is 0 Å². The van der Waals surface area contributed by atoms with Crippen molar-refractivity contribution in [2.45, 2.75) is 65.3 Å². The van der Waals surface area contributed by atoms with Crippen LogP contribution in [0.2, 0.25) is 0 Å². The van der Waals surface area contributed by atoms with Gasteiger partial charge < -0.3 is 10.0 Å². The van der Waals surface area contributed by atoms with Crippen LogP contribution in [0.4, 0.5) is 0 Å². The highest BCUT2D eigenvalue weighted by Gasteiger charge is 2.36. The Hall–Kier alpha value is -2.18. The Morgan fingerprint density at radius 2 is 1.86 bits per heavy atom. The van der Waals surface area contributed by atoms with Crippen molar-refractivity contribution in [2.24, 2.45) is 0 Å². The molecule has 6 heteroatoms. The molecule has 158 valence electrons. The Morgan fingerprint density at radius 1 is 1.21 bits per heavy atom. The average molecular weight is 399 g/mol. The second kappa shape index (κ2) is 9.09. The van der Waals surface area contributed by atoms with Crippen molar-refractivity contribution in [1.29, 1.82) is 0 Å². The summed E-state index contributed by atoms with van der Waals surface area (Å²) in [5, 5.41) is 15.6. The first-order chi connectivity index (χ1) is 13.8. The molecule has 0 aliphatic carbocycles. The second-order valence-corrected chi connectivity index (χ2v) is 8.67. The standard InChI is InChI=1S/C23H34N4O2/c1-18(2)26(15-21-8-6-5-7-9-21)17-23(29)10-12-25(13-11-23)22(28)16-27-20(4)14-19(3)24-27/h5-9,14,18,29H,10-13,15-17H2,1-4H3. The minimum atomic E-state index is -0.756. The van der Waals surface area contributed by atoms with Crippen LogP contribution in [-0.4, -0.2) is 61.9 Å². The maximum Gasteiger partial charge on any atom is 0.244 e. The number of benzene rings is 1. The van der Waals surface area contributed by atoms with Crippen molar-refractivity contribution in [2.75, 3.05) is 19.6 Å². The number of hydrogen-bond donors (Lipinski definition) is 1. The van der Waals surface area contributed by atoms with E-state index in [1.807, 2.05) is 30.9 Å². The monoisotopic (exact) mass is 398 g/mol. The lowest BCUT2D eigenvalue weighted by molar-refractivity contribution is -0.137. The molecule has 1 fully saturated rings. The number of aryl methyl sites for hydroxylation is 2. The van der Waals surface area contributed by atoms with Crippen LogP contribution in [0.25, 0.3) is 0 Å². The van der Waals surface area contributed by atoms with Crippen molar-refractivity contribution in [3.8, 4) is 0 Å². The summed E-state index contributed by atoms with van der Waals surface area (Å²) < 4.78 is 1.76. The molecule has 6 nitrogen and oxygen atoms in total. The highest BCUT2D eigenvalue weighted by molar-refractivity contribution is 5.76. The number of rotatable bonds is 7. The van der Waals surface area contributed by atoms with Crippen LogP contribution in [0.15, 0.2) is 36.4 Å². The van der Waals surface area contributed by atoms with E-state index in [0.717, 1.165) is 17.9 Å². The molecular weight excluding hydrogens is 364 g/mol. The minimum absolute atomic E-state index is 0.0725. The maximum atomic E-state index is 12.7. The average Bonchev–Trinajstić information content (AvgIpc) is 2.99. The number of hydrogen-bond acceptors (Lipinski definition) is 4. The summed E-state index contributed by atoms with van der Waals surface area (Å²) in [5.41, 5.74) is 2.42. The SMILES string of the molecule is Cc1cc(C)n(CC(=O)N2CCC(O)(CN(Cc3ccccc3)C(C)C)CC2)n1. The largest absolute Gasteiger partial charge is 0.388 e. The van der Waals surface area contributed by atoms with E-state index in [-0.39, 0.29) is 12.5 Å². The van der Waals surface area contributed by atoms with Gasteiger partial charge in [-0.15, -0.1) is 0 Å². The predicted molar refractivity (Wildman–Crippen MR) is 114 cm³/mol. The molecule has 0 atom stereocenters. The molecule has 2 aromatic rings. The third kappa shape index (κ3) is 5.67. The van der Waals surface area contributed by atoms with Crippen molar-refractivity contribution in [1.82, 2.24) is 19.6 Å². The van der Waals surface area contributed by atoms with Crippen LogP contribution in [-0.2, 0) is 17.9 Å². The normalized spacial score (nSPS) is 16.6. The van der Waals surface area contributed by atoms with Gasteiger partial charge in [0.15, 0.2) is 0 Å². The molecule has 1 amide bonds. The molecule has 0 unspecified atom stereocenters. The predicted octanol–water partition coefficient (Wildman–Crippen LogP) is 2.76. The Labute approximate surface area is 174 Å². The quantitative estimate of drug-likeness (QED) is 0.779. The fourth-order valence-corrected chi connectivity index (χ4v) is 4.01. The first-order valence-electron chi connectivity index (χ1n) is 10.5. The summed E-state index contributed by atoms with van der Waals surface area (Å²) in [6, 6.07) is 12.7. The van der Waals surface area contributed by atoms with Gasteiger partial charge in [0.2, 0.25) is 5.91 Å². The number of carbonyl (C=O) groups is 1. The van der Waals surface area contributed by atoms with E-state index >= 15 is 0 Å². The lowest BCUT2D eigenvalue weighted by Gasteiger charge is -2.42. The molecule has 1 aromatic heterocycles. The third-order valence-corrected chi connectivity index (χ3v) is 5.89. The molecule has 1 N–H and O–H groups in total. The molecule has 0 saturated carbocycles. The Kier molecular flexibility index (Phi) is 6.75. The van der Waals surface area contributed by atoms with Crippen molar-refractivity contribution in [3.63, 3.8) is 0 Å². The second-order valence-electron chi connectivity index (χ2n) is 8.67. The van der Waals surface area contributed by atoms with E-state index in [0.29, 0.717) is 38.5 Å². The van der Waals surface area contributed by atoms with Crippen LogP contribution in [0.3, 0.4) is 0 Å². The fraction of sp³-hybridized carbons (Fsp3) is 0.565. The van der Waals surface area contributed by atoms with Gasteiger partial charge in [-0.1, -0.05) is 30.3 Å². The van der Waals surface area contributed by atoms with Crippen molar-refractivity contribution >= 4 is 5.91 Å². The number of nitrogens with zero attached hydrogens (tertiary/aromatic N) is 4. The van der Waals surface area contributed by atoms with Gasteiger partial charge in [0.25, 0.3) is 0 Å². The van der Waals surface area contributed by atoms with E-state index in [9.17, 15) is 9.90 Å². The number of aliphatic hydroxyl groups is 1. The van der Waals surface area contributed by atoms with Gasteiger partial charge in [-0.05, 0) is 52.2 Å². The van der Waals surface area contributed by atoms with Crippen LogP contribution in [0.5, 0.6) is 0 Å². The molecular formula is C23H34N4O2. The van der Waals surface area contributed by atoms with Gasteiger partial charge in [0, 0.05) is 37.9 Å². The van der Waals surface area contributed by atoms with Crippen molar-refractivity contribution in [3.05, 3.63) is 53.3 Å². The topological polar surface area (TPSA) is 61.6 Å². The third-order valence-electron chi connectivity index (χ3n) is 5.89. The number of aromatic nitrogens is 2. The molecule has 0 radical (unpaired) electrons. The molecule has 29 heavy (non-hydrogen) atoms. The molecule has 1 aliphatic heterocycles. The minimum Gasteiger partial charge on any atom is -0.388 e.